The number of aromatic hydroxyl groups is 2. The van der Waals surface area contributed by atoms with Crippen LogP contribution in [0.15, 0.2) is 59.6 Å². The number of phenolic OH excluding ortho intramolecular Hbond substituents is 2. The molecule has 0 saturated heterocycles. The predicted molar refractivity (Wildman–Crippen MR) is 110 cm³/mol. The summed E-state index contributed by atoms with van der Waals surface area (Å²) >= 11 is 6.20. The van der Waals surface area contributed by atoms with Gasteiger partial charge >= 0.3 is 0 Å². The molecule has 0 unspecified atom stereocenters. The van der Waals surface area contributed by atoms with Crippen molar-refractivity contribution in [2.45, 2.75) is 11.8 Å². The highest BCUT2D eigenvalue weighted by atomic mass is 35.5. The van der Waals surface area contributed by atoms with Gasteiger partial charge in [0.2, 0.25) is 0 Å². The van der Waals surface area contributed by atoms with Crippen LogP contribution in [0.2, 0.25) is 5.02 Å². The monoisotopic (exact) mass is 414 g/mol. The average Bonchev–Trinajstić information content (AvgIpc) is 2.68. The molecule has 142 valence electrons. The Morgan fingerprint density at radius 3 is 2.54 bits per heavy atom. The van der Waals surface area contributed by atoms with E-state index >= 15 is 0 Å². The quantitative estimate of drug-likeness (QED) is 0.427. The molecule has 6 nitrogen and oxygen atoms in total. The number of nitrogens with zero attached hydrogens (tertiary/aromatic N) is 1. The zero-order valence-corrected chi connectivity index (χ0v) is 16.2. The molecule has 0 amide bonds. The van der Waals surface area contributed by atoms with Gasteiger partial charge in [0.25, 0.3) is 10.0 Å². The molecule has 0 spiro atoms. The lowest BCUT2D eigenvalue weighted by atomic mass is 10.0. The molecule has 0 aliphatic heterocycles. The number of pyridine rings is 1. The average molecular weight is 415 g/mol. The van der Waals surface area contributed by atoms with E-state index in [0.717, 1.165) is 0 Å². The summed E-state index contributed by atoms with van der Waals surface area (Å²) < 4.78 is 28.4. The van der Waals surface area contributed by atoms with E-state index in [1.165, 1.54) is 36.5 Å². The Kier molecular flexibility index (Phi) is 4.28. The Bertz CT molecular complexity index is 1350. The molecule has 0 radical (unpaired) electrons. The van der Waals surface area contributed by atoms with Crippen molar-refractivity contribution >= 4 is 49.0 Å². The lowest BCUT2D eigenvalue weighted by molar-refractivity contribution is 0.472. The molecule has 0 saturated carbocycles. The molecule has 0 aliphatic carbocycles. The number of halogens is 1. The van der Waals surface area contributed by atoms with Crippen molar-refractivity contribution in [1.82, 2.24) is 4.98 Å². The fraction of sp³-hybridized carbons (Fsp3) is 0.0500. The second-order valence-corrected chi connectivity index (χ2v) is 8.44. The minimum Gasteiger partial charge on any atom is -0.508 e. The van der Waals surface area contributed by atoms with Gasteiger partial charge in [0, 0.05) is 17.0 Å². The van der Waals surface area contributed by atoms with Crippen LogP contribution in [-0.2, 0) is 10.0 Å². The van der Waals surface area contributed by atoms with Crippen molar-refractivity contribution in [3.63, 3.8) is 0 Å². The fourth-order valence-electron chi connectivity index (χ4n) is 3.10. The largest absolute Gasteiger partial charge is 0.508 e. The number of rotatable bonds is 3. The van der Waals surface area contributed by atoms with Gasteiger partial charge in [-0.25, -0.2) is 8.42 Å². The summed E-state index contributed by atoms with van der Waals surface area (Å²) in [6.07, 6.45) is 1.52. The van der Waals surface area contributed by atoms with Gasteiger partial charge in [-0.1, -0.05) is 17.7 Å². The zero-order chi connectivity index (χ0) is 20.1. The summed E-state index contributed by atoms with van der Waals surface area (Å²) in [5.41, 5.74) is 1.21. The number of fused-ring (bicyclic) bond motifs is 2. The second kappa shape index (κ2) is 6.54. The van der Waals surface area contributed by atoms with Gasteiger partial charge in [-0.3, -0.25) is 9.71 Å². The van der Waals surface area contributed by atoms with E-state index in [1.54, 1.807) is 25.1 Å². The van der Waals surface area contributed by atoms with Crippen LogP contribution in [0.25, 0.3) is 21.7 Å². The fourth-order valence-corrected chi connectivity index (χ4v) is 4.45. The van der Waals surface area contributed by atoms with Gasteiger partial charge in [-0.15, -0.1) is 0 Å². The highest BCUT2D eigenvalue weighted by Crippen LogP contribution is 2.35. The SMILES string of the molecule is Cc1c(O)cc(Cl)c2cc(S(=O)(=O)Nc3ccc(O)c4cccnc34)ccc12. The Hall–Kier alpha value is -3.03. The molecule has 1 aromatic heterocycles. The number of aryl methyl sites for hydroxylation is 1. The molecule has 28 heavy (non-hydrogen) atoms. The van der Waals surface area contributed by atoms with E-state index in [-0.39, 0.29) is 27.1 Å². The zero-order valence-electron chi connectivity index (χ0n) is 14.6. The highest BCUT2D eigenvalue weighted by molar-refractivity contribution is 7.92. The van der Waals surface area contributed by atoms with Gasteiger partial charge < -0.3 is 10.2 Å². The number of benzene rings is 3. The van der Waals surface area contributed by atoms with E-state index in [1.807, 2.05) is 0 Å². The maximum atomic E-state index is 12.9. The van der Waals surface area contributed by atoms with Gasteiger partial charge in [0.1, 0.15) is 11.5 Å². The summed E-state index contributed by atoms with van der Waals surface area (Å²) in [6.45, 7) is 1.73. The van der Waals surface area contributed by atoms with Crippen LogP contribution in [-0.4, -0.2) is 23.6 Å². The van der Waals surface area contributed by atoms with Crippen LogP contribution in [0.3, 0.4) is 0 Å². The lowest BCUT2D eigenvalue weighted by Crippen LogP contribution is -2.13. The maximum Gasteiger partial charge on any atom is 0.261 e. The Labute approximate surface area is 166 Å². The van der Waals surface area contributed by atoms with Crippen molar-refractivity contribution in [2.75, 3.05) is 4.72 Å². The lowest BCUT2D eigenvalue weighted by Gasteiger charge is -2.13. The Balaban J connectivity index is 1.83. The summed E-state index contributed by atoms with van der Waals surface area (Å²) in [5.74, 6) is 0.0617. The van der Waals surface area contributed by atoms with E-state index in [2.05, 4.69) is 9.71 Å². The highest BCUT2D eigenvalue weighted by Gasteiger charge is 2.19. The molecule has 4 aromatic rings. The molecule has 0 bridgehead atoms. The Morgan fingerprint density at radius 2 is 1.75 bits per heavy atom. The number of aromatic nitrogens is 1. The number of hydrogen-bond acceptors (Lipinski definition) is 5. The minimum absolute atomic E-state index is 0.0128. The van der Waals surface area contributed by atoms with E-state index in [0.29, 0.717) is 27.2 Å². The van der Waals surface area contributed by atoms with E-state index in [4.69, 9.17) is 11.6 Å². The molecule has 1 heterocycles. The van der Waals surface area contributed by atoms with Crippen LogP contribution in [0.4, 0.5) is 5.69 Å². The van der Waals surface area contributed by atoms with Crippen molar-refractivity contribution in [3.8, 4) is 11.5 Å². The summed E-state index contributed by atoms with van der Waals surface area (Å²) in [6, 6.07) is 12.1. The second-order valence-electron chi connectivity index (χ2n) is 6.35. The van der Waals surface area contributed by atoms with E-state index < -0.39 is 10.0 Å². The number of sulfonamides is 1. The van der Waals surface area contributed by atoms with Gasteiger partial charge in [-0.05, 0) is 60.3 Å². The van der Waals surface area contributed by atoms with Gasteiger partial charge in [-0.2, -0.15) is 0 Å². The predicted octanol–water partition coefficient (Wildman–Crippen LogP) is 4.56. The third-order valence-electron chi connectivity index (χ3n) is 4.60. The van der Waals surface area contributed by atoms with Crippen LogP contribution < -0.4 is 4.72 Å². The standard InChI is InChI=1S/C20H15ClN2O4S/c1-11-13-5-4-12(9-15(13)16(21)10-19(11)25)28(26,27)23-17-6-7-18(24)14-3-2-8-22-20(14)17/h2-10,23-25H,1H3. The number of hydrogen-bond donors (Lipinski definition) is 3. The number of nitrogens with one attached hydrogen (secondary N) is 1. The van der Waals surface area contributed by atoms with Crippen LogP contribution in [0.5, 0.6) is 11.5 Å². The number of anilines is 1. The smallest absolute Gasteiger partial charge is 0.261 e. The first kappa shape index (κ1) is 18.3. The minimum atomic E-state index is -3.94. The van der Waals surface area contributed by atoms with Gasteiger partial charge in [0.15, 0.2) is 0 Å². The van der Waals surface area contributed by atoms with Crippen molar-refractivity contribution in [2.24, 2.45) is 0 Å². The van der Waals surface area contributed by atoms with Crippen LogP contribution in [0, 0.1) is 6.92 Å². The summed E-state index contributed by atoms with van der Waals surface area (Å²) in [7, 11) is -3.94. The molecule has 3 aromatic carbocycles. The van der Waals surface area contributed by atoms with Gasteiger partial charge in [0.05, 0.1) is 21.1 Å². The Morgan fingerprint density at radius 1 is 0.964 bits per heavy atom. The first-order valence-corrected chi connectivity index (χ1v) is 10.2. The molecule has 0 aliphatic rings. The molecule has 0 atom stereocenters. The number of phenols is 2. The van der Waals surface area contributed by atoms with Crippen LogP contribution in [0.1, 0.15) is 5.56 Å². The normalized spacial score (nSPS) is 11.8. The first-order chi connectivity index (χ1) is 13.3. The first-order valence-electron chi connectivity index (χ1n) is 8.29. The van der Waals surface area contributed by atoms with Crippen LogP contribution >= 0.6 is 11.6 Å². The van der Waals surface area contributed by atoms with E-state index in [9.17, 15) is 18.6 Å². The molecule has 0 fully saturated rings. The summed E-state index contributed by atoms with van der Waals surface area (Å²) in [5, 5.41) is 21.7. The van der Waals surface area contributed by atoms with Crippen molar-refractivity contribution in [3.05, 3.63) is 65.3 Å². The topological polar surface area (TPSA) is 99.5 Å². The van der Waals surface area contributed by atoms with Crippen molar-refractivity contribution in [1.29, 1.82) is 0 Å². The molecular weight excluding hydrogens is 400 g/mol. The molecule has 3 N–H and O–H groups in total. The summed E-state index contributed by atoms with van der Waals surface area (Å²) in [4.78, 5) is 4.19. The third-order valence-corrected chi connectivity index (χ3v) is 6.28. The molecule has 8 heteroatoms. The molecule has 4 rings (SSSR count). The molecular formula is C20H15ClN2O4S. The third kappa shape index (κ3) is 2.98. The van der Waals surface area contributed by atoms with Crippen molar-refractivity contribution < 1.29 is 18.6 Å². The maximum absolute atomic E-state index is 12.9.